The van der Waals surface area contributed by atoms with Gasteiger partial charge in [-0.25, -0.2) is 0 Å². The van der Waals surface area contributed by atoms with Crippen molar-refractivity contribution in [1.29, 1.82) is 0 Å². The number of aryl methyl sites for hydroxylation is 1. The van der Waals surface area contributed by atoms with Gasteiger partial charge >= 0.3 is 0 Å². The molecule has 0 spiro atoms. The lowest BCUT2D eigenvalue weighted by Crippen LogP contribution is -2.27. The van der Waals surface area contributed by atoms with Crippen LogP contribution in [0.1, 0.15) is 42.1 Å². The van der Waals surface area contributed by atoms with E-state index in [2.05, 4.69) is 27.8 Å². The van der Waals surface area contributed by atoms with E-state index < -0.39 is 0 Å². The summed E-state index contributed by atoms with van der Waals surface area (Å²) in [6.07, 6.45) is 2.21. The summed E-state index contributed by atoms with van der Waals surface area (Å²) < 4.78 is 5.59. The van der Waals surface area contributed by atoms with Crippen LogP contribution in [0.15, 0.2) is 48.5 Å². The minimum Gasteiger partial charge on any atom is -0.494 e. The number of anilines is 1. The first kappa shape index (κ1) is 22.4. The molecule has 162 valence electrons. The summed E-state index contributed by atoms with van der Waals surface area (Å²) in [5, 5.41) is 14.8. The Balaban J connectivity index is 1.42. The van der Waals surface area contributed by atoms with Gasteiger partial charge in [-0.2, -0.15) is 0 Å². The number of benzene rings is 2. The SMILES string of the molecule is CCCCOc1ccc(C(=O)NCCC(=O)Nc2nnc(-c3cccc(C)c3)s2)cc1. The number of aromatic nitrogens is 2. The fourth-order valence-corrected chi connectivity index (χ4v) is 3.53. The van der Waals surface area contributed by atoms with Crippen LogP contribution >= 0.6 is 11.3 Å². The molecule has 3 rings (SSSR count). The summed E-state index contributed by atoms with van der Waals surface area (Å²) >= 11 is 1.31. The zero-order chi connectivity index (χ0) is 22.1. The molecular weight excluding hydrogens is 412 g/mol. The summed E-state index contributed by atoms with van der Waals surface area (Å²) in [5.74, 6) is 0.281. The second kappa shape index (κ2) is 11.2. The van der Waals surface area contributed by atoms with Crippen LogP contribution in [0, 0.1) is 6.92 Å². The average Bonchev–Trinajstić information content (AvgIpc) is 3.23. The van der Waals surface area contributed by atoms with Crippen molar-refractivity contribution in [1.82, 2.24) is 15.5 Å². The van der Waals surface area contributed by atoms with Crippen molar-refractivity contribution in [2.75, 3.05) is 18.5 Å². The smallest absolute Gasteiger partial charge is 0.251 e. The number of unbranched alkanes of at least 4 members (excludes halogenated alkanes) is 1. The van der Waals surface area contributed by atoms with Crippen LogP contribution in [0.5, 0.6) is 5.75 Å². The Morgan fingerprint density at radius 2 is 1.90 bits per heavy atom. The Labute approximate surface area is 185 Å². The van der Waals surface area contributed by atoms with Gasteiger partial charge in [0.25, 0.3) is 5.91 Å². The first-order valence-electron chi connectivity index (χ1n) is 10.3. The fourth-order valence-electron chi connectivity index (χ4n) is 2.78. The molecule has 2 N–H and O–H groups in total. The number of carbonyl (C=O) groups is 2. The summed E-state index contributed by atoms with van der Waals surface area (Å²) in [6.45, 7) is 5.01. The molecule has 1 aromatic heterocycles. The van der Waals surface area contributed by atoms with Crippen LogP contribution in [-0.4, -0.2) is 35.2 Å². The molecule has 2 aromatic carbocycles. The lowest BCUT2D eigenvalue weighted by molar-refractivity contribution is -0.116. The zero-order valence-electron chi connectivity index (χ0n) is 17.7. The molecule has 1 heterocycles. The maximum Gasteiger partial charge on any atom is 0.251 e. The lowest BCUT2D eigenvalue weighted by Gasteiger charge is -2.07. The van der Waals surface area contributed by atoms with Crippen LogP contribution in [0.3, 0.4) is 0 Å². The van der Waals surface area contributed by atoms with Gasteiger partial charge in [0.1, 0.15) is 10.8 Å². The van der Waals surface area contributed by atoms with Crippen LogP contribution in [-0.2, 0) is 4.79 Å². The number of amides is 2. The third kappa shape index (κ3) is 6.89. The predicted octanol–water partition coefficient (Wildman–Crippen LogP) is 4.45. The third-order valence-corrected chi connectivity index (χ3v) is 5.34. The highest BCUT2D eigenvalue weighted by Gasteiger charge is 2.11. The molecule has 3 aromatic rings. The highest BCUT2D eigenvalue weighted by molar-refractivity contribution is 7.18. The molecule has 0 unspecified atom stereocenters. The summed E-state index contributed by atoms with van der Waals surface area (Å²) in [5.41, 5.74) is 2.62. The zero-order valence-corrected chi connectivity index (χ0v) is 18.5. The predicted molar refractivity (Wildman–Crippen MR) is 123 cm³/mol. The highest BCUT2D eigenvalue weighted by Crippen LogP contribution is 2.26. The maximum absolute atomic E-state index is 12.2. The molecule has 0 aliphatic carbocycles. The van der Waals surface area contributed by atoms with Crippen molar-refractivity contribution in [2.45, 2.75) is 33.1 Å². The molecule has 0 bridgehead atoms. The summed E-state index contributed by atoms with van der Waals surface area (Å²) in [6, 6.07) is 14.9. The van der Waals surface area contributed by atoms with E-state index in [-0.39, 0.29) is 24.8 Å². The Morgan fingerprint density at radius 3 is 2.65 bits per heavy atom. The van der Waals surface area contributed by atoms with E-state index in [1.54, 1.807) is 24.3 Å². The first-order chi connectivity index (χ1) is 15.0. The summed E-state index contributed by atoms with van der Waals surface area (Å²) in [7, 11) is 0. The van der Waals surface area contributed by atoms with Gasteiger partial charge in [0.15, 0.2) is 0 Å². The number of nitrogens with one attached hydrogen (secondary N) is 2. The molecule has 0 aliphatic rings. The van der Waals surface area contributed by atoms with E-state index in [1.807, 2.05) is 31.2 Å². The molecule has 2 amide bonds. The monoisotopic (exact) mass is 438 g/mol. The van der Waals surface area contributed by atoms with Gasteiger partial charge in [-0.3, -0.25) is 9.59 Å². The van der Waals surface area contributed by atoms with Gasteiger partial charge in [0, 0.05) is 24.1 Å². The molecule has 8 heteroatoms. The Bertz CT molecular complexity index is 1020. The van der Waals surface area contributed by atoms with Crippen molar-refractivity contribution in [2.24, 2.45) is 0 Å². The molecule has 0 saturated heterocycles. The minimum absolute atomic E-state index is 0.142. The lowest BCUT2D eigenvalue weighted by atomic mass is 10.1. The van der Waals surface area contributed by atoms with E-state index in [0.717, 1.165) is 34.7 Å². The molecule has 31 heavy (non-hydrogen) atoms. The topological polar surface area (TPSA) is 93.2 Å². The second-order valence-corrected chi connectivity index (χ2v) is 8.04. The molecule has 0 saturated carbocycles. The number of hydrogen-bond donors (Lipinski definition) is 2. The molecule has 0 radical (unpaired) electrons. The Hall–Kier alpha value is -3.26. The van der Waals surface area contributed by atoms with E-state index in [0.29, 0.717) is 17.3 Å². The van der Waals surface area contributed by atoms with E-state index in [9.17, 15) is 9.59 Å². The van der Waals surface area contributed by atoms with Crippen LogP contribution in [0.2, 0.25) is 0 Å². The van der Waals surface area contributed by atoms with Crippen molar-refractivity contribution >= 4 is 28.3 Å². The molecular formula is C23H26N4O3S. The molecule has 7 nitrogen and oxygen atoms in total. The van der Waals surface area contributed by atoms with Gasteiger partial charge in [0.05, 0.1) is 6.61 Å². The number of ether oxygens (including phenoxy) is 1. The van der Waals surface area contributed by atoms with Crippen molar-refractivity contribution in [3.8, 4) is 16.3 Å². The molecule has 0 fully saturated rings. The van der Waals surface area contributed by atoms with Gasteiger partial charge in [0.2, 0.25) is 11.0 Å². The van der Waals surface area contributed by atoms with Gasteiger partial charge < -0.3 is 15.4 Å². The van der Waals surface area contributed by atoms with Crippen molar-refractivity contribution < 1.29 is 14.3 Å². The van der Waals surface area contributed by atoms with E-state index in [1.165, 1.54) is 11.3 Å². The van der Waals surface area contributed by atoms with Gasteiger partial charge in [-0.15, -0.1) is 10.2 Å². The maximum atomic E-state index is 12.2. The van der Waals surface area contributed by atoms with Crippen LogP contribution in [0.25, 0.3) is 10.6 Å². The quantitative estimate of drug-likeness (QED) is 0.456. The molecule has 0 atom stereocenters. The van der Waals surface area contributed by atoms with Gasteiger partial charge in [-0.1, -0.05) is 48.4 Å². The van der Waals surface area contributed by atoms with Gasteiger partial charge in [-0.05, 0) is 43.7 Å². The Morgan fingerprint density at radius 1 is 1.10 bits per heavy atom. The van der Waals surface area contributed by atoms with Crippen LogP contribution < -0.4 is 15.4 Å². The second-order valence-electron chi connectivity index (χ2n) is 7.06. The largest absolute Gasteiger partial charge is 0.494 e. The van der Waals surface area contributed by atoms with E-state index in [4.69, 9.17) is 4.74 Å². The fraction of sp³-hybridized carbons (Fsp3) is 0.304. The third-order valence-electron chi connectivity index (χ3n) is 4.46. The number of carbonyl (C=O) groups excluding carboxylic acids is 2. The van der Waals surface area contributed by atoms with Crippen molar-refractivity contribution in [3.05, 3.63) is 59.7 Å². The van der Waals surface area contributed by atoms with Crippen LogP contribution in [0.4, 0.5) is 5.13 Å². The van der Waals surface area contributed by atoms with E-state index >= 15 is 0 Å². The summed E-state index contributed by atoms with van der Waals surface area (Å²) in [4.78, 5) is 24.4. The number of nitrogens with zero attached hydrogens (tertiary/aromatic N) is 2. The normalized spacial score (nSPS) is 10.5. The standard InChI is InChI=1S/C23H26N4O3S/c1-3-4-14-30-19-10-8-17(9-11-19)21(29)24-13-12-20(28)25-23-27-26-22(31-23)18-7-5-6-16(2)15-18/h5-11,15H,3-4,12-14H2,1-2H3,(H,24,29)(H,25,27,28). The Kier molecular flexibility index (Phi) is 8.12. The number of hydrogen-bond acceptors (Lipinski definition) is 6. The highest BCUT2D eigenvalue weighted by atomic mass is 32.1. The number of rotatable bonds is 10. The average molecular weight is 439 g/mol. The van der Waals surface area contributed by atoms with Crippen molar-refractivity contribution in [3.63, 3.8) is 0 Å². The first-order valence-corrected chi connectivity index (χ1v) is 11.1. The molecule has 0 aliphatic heterocycles. The minimum atomic E-state index is -0.231.